The van der Waals surface area contributed by atoms with E-state index in [1.165, 1.54) is 12.1 Å². The molecule has 0 saturated heterocycles. The smallest absolute Gasteiger partial charge is 0.123 e. The fraction of sp³-hybridized carbons (Fsp3) is 0.154. The Labute approximate surface area is 114 Å². The van der Waals surface area contributed by atoms with Crippen LogP contribution in [0.1, 0.15) is 5.56 Å². The molecule has 1 aromatic heterocycles. The lowest BCUT2D eigenvalue weighted by molar-refractivity contribution is 0.625. The molecule has 0 radical (unpaired) electrons. The topological polar surface area (TPSA) is 42.1 Å². The zero-order valence-electron chi connectivity index (χ0n) is 9.90. The molecule has 2 aromatic rings. The van der Waals surface area contributed by atoms with E-state index in [0.717, 1.165) is 15.7 Å². The average Bonchev–Trinajstić information content (AvgIpc) is 2.28. The lowest BCUT2D eigenvalue weighted by Crippen LogP contribution is -2.18. The van der Waals surface area contributed by atoms with Crippen molar-refractivity contribution in [1.29, 1.82) is 0 Å². The van der Waals surface area contributed by atoms with E-state index in [0.29, 0.717) is 12.2 Å². The molecule has 0 saturated carbocycles. The summed E-state index contributed by atoms with van der Waals surface area (Å²) in [6.07, 6.45) is 3.29. The van der Waals surface area contributed by atoms with Gasteiger partial charge in [-0.1, -0.05) is 12.1 Å². The second-order valence-electron chi connectivity index (χ2n) is 4.05. The van der Waals surface area contributed by atoms with Crippen molar-refractivity contribution in [2.45, 2.75) is 6.54 Å². The number of halogens is 2. The van der Waals surface area contributed by atoms with Crippen LogP contribution in [0.5, 0.6) is 0 Å². The summed E-state index contributed by atoms with van der Waals surface area (Å²) >= 11 is 3.42. The van der Waals surface area contributed by atoms with E-state index in [-0.39, 0.29) is 5.82 Å². The number of nitrogen functional groups attached to an aromatic ring is 1. The minimum absolute atomic E-state index is 0.234. The van der Waals surface area contributed by atoms with Gasteiger partial charge in [0.05, 0.1) is 22.0 Å². The van der Waals surface area contributed by atoms with Gasteiger partial charge in [0.25, 0.3) is 0 Å². The Bertz CT molecular complexity index is 539. The van der Waals surface area contributed by atoms with Gasteiger partial charge in [0.2, 0.25) is 0 Å². The van der Waals surface area contributed by atoms with Crippen LogP contribution < -0.4 is 10.6 Å². The minimum Gasteiger partial charge on any atom is -0.396 e. The van der Waals surface area contributed by atoms with Crippen LogP contribution in [-0.4, -0.2) is 12.0 Å². The van der Waals surface area contributed by atoms with Gasteiger partial charge in [-0.25, -0.2) is 4.39 Å². The van der Waals surface area contributed by atoms with Gasteiger partial charge in [-0.05, 0) is 33.6 Å². The number of benzene rings is 1. The van der Waals surface area contributed by atoms with Crippen molar-refractivity contribution in [3.8, 4) is 0 Å². The third kappa shape index (κ3) is 2.79. The molecule has 0 aliphatic rings. The lowest BCUT2D eigenvalue weighted by Gasteiger charge is -2.22. The maximum absolute atomic E-state index is 13.1. The average molecular weight is 310 g/mol. The third-order valence-corrected chi connectivity index (χ3v) is 3.17. The summed E-state index contributed by atoms with van der Waals surface area (Å²) in [6, 6.07) is 6.52. The maximum atomic E-state index is 13.1. The summed E-state index contributed by atoms with van der Waals surface area (Å²) in [5, 5.41) is 0. The van der Waals surface area contributed by atoms with Crippen LogP contribution in [-0.2, 0) is 6.54 Å². The molecule has 18 heavy (non-hydrogen) atoms. The third-order valence-electron chi connectivity index (χ3n) is 2.59. The van der Waals surface area contributed by atoms with E-state index in [1.807, 2.05) is 18.0 Å². The molecule has 1 heterocycles. The molecule has 0 amide bonds. The summed E-state index contributed by atoms with van der Waals surface area (Å²) < 4.78 is 13.9. The van der Waals surface area contributed by atoms with Crippen LogP contribution in [0.15, 0.2) is 41.1 Å². The molecule has 0 aliphatic heterocycles. The molecular weight excluding hydrogens is 297 g/mol. The lowest BCUT2D eigenvalue weighted by atomic mass is 10.2. The van der Waals surface area contributed by atoms with Crippen LogP contribution in [0.25, 0.3) is 0 Å². The van der Waals surface area contributed by atoms with Crippen LogP contribution in [0.2, 0.25) is 0 Å². The molecule has 0 fully saturated rings. The van der Waals surface area contributed by atoms with Crippen molar-refractivity contribution in [1.82, 2.24) is 4.98 Å². The standard InChI is InChI=1S/C13H13BrFN3/c1-18(8-9-3-2-4-10(15)5-9)13-11(14)6-17-7-12(13)16/h2-7H,8,16H2,1H3. The molecule has 2 rings (SSSR count). The molecule has 0 aliphatic carbocycles. The largest absolute Gasteiger partial charge is 0.396 e. The van der Waals surface area contributed by atoms with Crippen molar-refractivity contribution in [3.05, 3.63) is 52.5 Å². The predicted octanol–water partition coefficient (Wildman–Crippen LogP) is 3.20. The normalized spacial score (nSPS) is 10.4. The highest BCUT2D eigenvalue weighted by Crippen LogP contribution is 2.31. The van der Waals surface area contributed by atoms with Crippen molar-refractivity contribution < 1.29 is 4.39 Å². The summed E-state index contributed by atoms with van der Waals surface area (Å²) in [4.78, 5) is 5.94. The van der Waals surface area contributed by atoms with Crippen molar-refractivity contribution in [2.24, 2.45) is 0 Å². The quantitative estimate of drug-likeness (QED) is 0.946. The van der Waals surface area contributed by atoms with Crippen molar-refractivity contribution >= 4 is 27.3 Å². The number of aromatic nitrogens is 1. The first-order valence-electron chi connectivity index (χ1n) is 5.42. The Morgan fingerprint density at radius 2 is 2.17 bits per heavy atom. The van der Waals surface area contributed by atoms with Gasteiger partial charge in [-0.15, -0.1) is 0 Å². The van der Waals surface area contributed by atoms with E-state index in [9.17, 15) is 4.39 Å². The Morgan fingerprint density at radius 3 is 2.83 bits per heavy atom. The zero-order chi connectivity index (χ0) is 13.1. The molecule has 5 heteroatoms. The van der Waals surface area contributed by atoms with E-state index >= 15 is 0 Å². The summed E-state index contributed by atoms with van der Waals surface area (Å²) in [5.41, 5.74) is 8.23. The number of anilines is 2. The first-order chi connectivity index (χ1) is 8.58. The van der Waals surface area contributed by atoms with Crippen molar-refractivity contribution in [3.63, 3.8) is 0 Å². The number of nitrogens with two attached hydrogens (primary N) is 1. The molecule has 0 atom stereocenters. The van der Waals surface area contributed by atoms with E-state index in [4.69, 9.17) is 5.73 Å². The van der Waals surface area contributed by atoms with Crippen LogP contribution >= 0.6 is 15.9 Å². The molecule has 2 N–H and O–H groups in total. The summed E-state index contributed by atoms with van der Waals surface area (Å²) in [7, 11) is 1.90. The van der Waals surface area contributed by atoms with Gasteiger partial charge in [0.15, 0.2) is 0 Å². The van der Waals surface area contributed by atoms with Gasteiger partial charge in [-0.3, -0.25) is 4.98 Å². The highest BCUT2D eigenvalue weighted by atomic mass is 79.9. The van der Waals surface area contributed by atoms with E-state index in [2.05, 4.69) is 20.9 Å². The Hall–Kier alpha value is -1.62. The Balaban J connectivity index is 2.25. The summed E-state index contributed by atoms with van der Waals surface area (Å²) in [5.74, 6) is -0.234. The van der Waals surface area contributed by atoms with Gasteiger partial charge in [-0.2, -0.15) is 0 Å². The van der Waals surface area contributed by atoms with E-state index < -0.39 is 0 Å². The molecule has 1 aromatic carbocycles. The summed E-state index contributed by atoms with van der Waals surface area (Å²) in [6.45, 7) is 0.574. The Morgan fingerprint density at radius 1 is 1.39 bits per heavy atom. The minimum atomic E-state index is -0.234. The van der Waals surface area contributed by atoms with Gasteiger partial charge >= 0.3 is 0 Å². The van der Waals surface area contributed by atoms with Crippen molar-refractivity contribution in [2.75, 3.05) is 17.7 Å². The first-order valence-corrected chi connectivity index (χ1v) is 6.22. The van der Waals surface area contributed by atoms with Crippen LogP contribution in [0.4, 0.5) is 15.8 Å². The molecule has 0 spiro atoms. The molecule has 3 nitrogen and oxygen atoms in total. The zero-order valence-corrected chi connectivity index (χ0v) is 11.5. The molecular formula is C13H13BrFN3. The Kier molecular flexibility index (Phi) is 3.81. The first kappa shape index (κ1) is 12.8. The monoisotopic (exact) mass is 309 g/mol. The number of nitrogens with zero attached hydrogens (tertiary/aromatic N) is 2. The molecule has 0 bridgehead atoms. The predicted molar refractivity (Wildman–Crippen MR) is 74.9 cm³/mol. The van der Waals surface area contributed by atoms with Gasteiger partial charge < -0.3 is 10.6 Å². The highest BCUT2D eigenvalue weighted by molar-refractivity contribution is 9.10. The van der Waals surface area contributed by atoms with E-state index in [1.54, 1.807) is 18.5 Å². The second kappa shape index (κ2) is 5.35. The van der Waals surface area contributed by atoms with Gasteiger partial charge in [0.1, 0.15) is 5.82 Å². The number of pyridine rings is 1. The molecule has 94 valence electrons. The fourth-order valence-electron chi connectivity index (χ4n) is 1.83. The number of hydrogen-bond donors (Lipinski definition) is 1. The van der Waals surface area contributed by atoms with Crippen LogP contribution in [0.3, 0.4) is 0 Å². The van der Waals surface area contributed by atoms with Crippen LogP contribution in [0, 0.1) is 5.82 Å². The molecule has 0 unspecified atom stereocenters. The second-order valence-corrected chi connectivity index (χ2v) is 4.90. The highest BCUT2D eigenvalue weighted by Gasteiger charge is 2.10. The maximum Gasteiger partial charge on any atom is 0.123 e. The SMILES string of the molecule is CN(Cc1cccc(F)c1)c1c(N)cncc1Br. The number of rotatable bonds is 3. The number of hydrogen-bond acceptors (Lipinski definition) is 3. The van der Waals surface area contributed by atoms with Gasteiger partial charge in [0, 0.05) is 19.8 Å². The fourth-order valence-corrected chi connectivity index (χ4v) is 2.48.